The minimum absolute atomic E-state index is 0.0146. The number of carbonyl (C=O) groups is 1. The van der Waals surface area contributed by atoms with Crippen LogP contribution in [-0.4, -0.2) is 17.0 Å². The molecule has 1 unspecified atom stereocenters. The molecule has 0 saturated heterocycles. The van der Waals surface area contributed by atoms with Crippen LogP contribution in [0.1, 0.15) is 71.6 Å². The number of hydrogen-bond acceptors (Lipinski definition) is 2. The summed E-state index contributed by atoms with van der Waals surface area (Å²) in [6.07, 6.45) is 10.1. The molecule has 21 heavy (non-hydrogen) atoms. The van der Waals surface area contributed by atoms with Crippen molar-refractivity contribution >= 4 is 5.78 Å². The zero-order valence-electron chi connectivity index (χ0n) is 13.6. The summed E-state index contributed by atoms with van der Waals surface area (Å²) in [4.78, 5) is 11.9. The minimum Gasteiger partial charge on any atom is -0.392 e. The highest BCUT2D eigenvalue weighted by atomic mass is 16.3. The monoisotopic (exact) mass is 290 g/mol. The molecular formula is C19H30O2. The second kappa shape index (κ2) is 4.57. The van der Waals surface area contributed by atoms with Crippen molar-refractivity contribution in [1.29, 1.82) is 0 Å². The fraction of sp³-hybridized carbons (Fsp3) is 0.947. The normalized spacial score (nSPS) is 56.5. The average molecular weight is 290 g/mol. The van der Waals surface area contributed by atoms with Crippen molar-refractivity contribution in [2.24, 2.45) is 34.5 Å². The van der Waals surface area contributed by atoms with Crippen LogP contribution >= 0.6 is 0 Å². The molecule has 118 valence electrons. The Bertz CT molecular complexity index is 458. The highest BCUT2D eigenvalue weighted by Crippen LogP contribution is 2.65. The van der Waals surface area contributed by atoms with Gasteiger partial charge in [0.2, 0.25) is 0 Å². The number of carbonyl (C=O) groups excluding carboxylic acids is 1. The topological polar surface area (TPSA) is 37.3 Å². The number of Topliss-reactive ketones (excluding diaryl/α,β-unsaturated/α-hetero) is 1. The summed E-state index contributed by atoms with van der Waals surface area (Å²) in [7, 11) is 0. The maximum Gasteiger partial charge on any atom is 0.135 e. The summed E-state index contributed by atoms with van der Waals surface area (Å²) >= 11 is 0. The van der Waals surface area contributed by atoms with E-state index >= 15 is 0 Å². The Kier molecular flexibility index (Phi) is 3.10. The summed E-state index contributed by atoms with van der Waals surface area (Å²) in [5.74, 6) is 3.11. The van der Waals surface area contributed by atoms with E-state index in [1.54, 1.807) is 0 Å². The Labute approximate surface area is 128 Å². The van der Waals surface area contributed by atoms with Gasteiger partial charge in [-0.15, -0.1) is 0 Å². The number of aliphatic hydroxyl groups is 1. The Hall–Kier alpha value is -0.370. The molecule has 0 aromatic carbocycles. The number of rotatable bonds is 0. The van der Waals surface area contributed by atoms with Gasteiger partial charge in [-0.1, -0.05) is 20.3 Å². The lowest BCUT2D eigenvalue weighted by Gasteiger charge is -2.61. The van der Waals surface area contributed by atoms with Crippen LogP contribution in [0.2, 0.25) is 0 Å². The van der Waals surface area contributed by atoms with E-state index in [0.717, 1.165) is 18.3 Å². The number of aliphatic hydroxyl groups excluding tert-OH is 1. The molecule has 0 heterocycles. The third kappa shape index (κ3) is 1.84. The molecule has 0 aromatic heterocycles. The van der Waals surface area contributed by atoms with Crippen molar-refractivity contribution < 1.29 is 9.90 Å². The van der Waals surface area contributed by atoms with Crippen LogP contribution in [0.5, 0.6) is 0 Å². The van der Waals surface area contributed by atoms with Crippen molar-refractivity contribution in [1.82, 2.24) is 0 Å². The lowest BCUT2D eigenvalue weighted by molar-refractivity contribution is -0.168. The zero-order valence-corrected chi connectivity index (χ0v) is 13.6. The molecule has 4 saturated carbocycles. The molecule has 0 spiro atoms. The molecule has 4 aliphatic rings. The average Bonchev–Trinajstić information content (AvgIpc) is 2.82. The van der Waals surface area contributed by atoms with Gasteiger partial charge in [0.15, 0.2) is 0 Å². The molecule has 0 amide bonds. The van der Waals surface area contributed by atoms with Crippen LogP contribution in [0.25, 0.3) is 0 Å². The quantitative estimate of drug-likeness (QED) is 0.733. The first kappa shape index (κ1) is 14.2. The highest BCUT2D eigenvalue weighted by Gasteiger charge is 2.60. The zero-order chi connectivity index (χ0) is 14.8. The van der Waals surface area contributed by atoms with E-state index in [1.807, 2.05) is 0 Å². The predicted molar refractivity (Wildman–Crippen MR) is 82.7 cm³/mol. The van der Waals surface area contributed by atoms with Crippen molar-refractivity contribution in [3.8, 4) is 0 Å². The minimum atomic E-state index is -0.387. The van der Waals surface area contributed by atoms with E-state index in [1.165, 1.54) is 44.9 Å². The maximum atomic E-state index is 11.9. The molecule has 1 N–H and O–H groups in total. The van der Waals surface area contributed by atoms with E-state index in [4.69, 9.17) is 0 Å². The largest absolute Gasteiger partial charge is 0.392 e. The van der Waals surface area contributed by atoms with Gasteiger partial charge in [0.05, 0.1) is 6.10 Å². The molecule has 2 heteroatoms. The van der Waals surface area contributed by atoms with Crippen LogP contribution in [0.4, 0.5) is 0 Å². The first-order valence-electron chi connectivity index (χ1n) is 9.15. The lowest BCUT2D eigenvalue weighted by Crippen LogP contribution is -2.58. The van der Waals surface area contributed by atoms with E-state index in [0.29, 0.717) is 29.5 Å². The van der Waals surface area contributed by atoms with Crippen LogP contribution in [-0.2, 0) is 4.79 Å². The van der Waals surface area contributed by atoms with Gasteiger partial charge in [0.1, 0.15) is 5.78 Å². The van der Waals surface area contributed by atoms with Gasteiger partial charge in [0, 0.05) is 18.3 Å². The molecule has 0 aliphatic heterocycles. The standard InChI is InChI=1S/C19H30O2/c1-18-8-3-4-15(18)14-6-5-12-10-13(20)11-17(21)19(12,2)16(14)7-9-18/h12,14-17,21H,3-11H2,1-2H3/t12?,14-,15-,16-,17-,18-,19-/m0/s1. The van der Waals surface area contributed by atoms with Crippen LogP contribution in [0.15, 0.2) is 0 Å². The Balaban J connectivity index is 1.67. The third-order valence-electron chi connectivity index (χ3n) is 8.36. The lowest BCUT2D eigenvalue weighted by atomic mass is 9.44. The van der Waals surface area contributed by atoms with Gasteiger partial charge < -0.3 is 5.11 Å². The van der Waals surface area contributed by atoms with Gasteiger partial charge >= 0.3 is 0 Å². The molecule has 2 nitrogen and oxygen atoms in total. The van der Waals surface area contributed by atoms with E-state index in [-0.39, 0.29) is 11.5 Å². The molecular weight excluding hydrogens is 260 g/mol. The molecule has 4 rings (SSSR count). The molecule has 0 radical (unpaired) electrons. The summed E-state index contributed by atoms with van der Waals surface area (Å²) in [6.45, 7) is 4.85. The summed E-state index contributed by atoms with van der Waals surface area (Å²) < 4.78 is 0. The first-order valence-corrected chi connectivity index (χ1v) is 9.15. The maximum absolute atomic E-state index is 11.9. The Morgan fingerprint density at radius 2 is 1.81 bits per heavy atom. The predicted octanol–water partition coefficient (Wildman–Crippen LogP) is 3.96. The number of ketones is 1. The molecule has 4 aliphatic carbocycles. The van der Waals surface area contributed by atoms with Crippen LogP contribution < -0.4 is 0 Å². The van der Waals surface area contributed by atoms with Gasteiger partial charge in [-0.05, 0) is 67.6 Å². The summed E-state index contributed by atoms with van der Waals surface area (Å²) in [5, 5.41) is 10.8. The van der Waals surface area contributed by atoms with Crippen LogP contribution in [0.3, 0.4) is 0 Å². The van der Waals surface area contributed by atoms with Crippen molar-refractivity contribution in [3.05, 3.63) is 0 Å². The van der Waals surface area contributed by atoms with Gasteiger partial charge in [-0.3, -0.25) is 4.79 Å². The first-order chi connectivity index (χ1) is 9.95. The summed E-state index contributed by atoms with van der Waals surface area (Å²) in [5.41, 5.74) is 0.598. The smallest absolute Gasteiger partial charge is 0.135 e. The molecule has 0 bridgehead atoms. The van der Waals surface area contributed by atoms with Crippen molar-refractivity contribution in [2.75, 3.05) is 0 Å². The van der Waals surface area contributed by atoms with Crippen molar-refractivity contribution in [3.63, 3.8) is 0 Å². The number of fused-ring (bicyclic) bond motifs is 5. The van der Waals surface area contributed by atoms with Gasteiger partial charge in [-0.2, -0.15) is 0 Å². The van der Waals surface area contributed by atoms with E-state index < -0.39 is 0 Å². The second-order valence-electron chi connectivity index (χ2n) is 9.06. The molecule has 0 aromatic rings. The fourth-order valence-corrected chi connectivity index (χ4v) is 7.10. The van der Waals surface area contributed by atoms with E-state index in [9.17, 15) is 9.90 Å². The van der Waals surface area contributed by atoms with Crippen LogP contribution in [0, 0.1) is 34.5 Å². The van der Waals surface area contributed by atoms with Gasteiger partial charge in [0.25, 0.3) is 0 Å². The Morgan fingerprint density at radius 3 is 2.62 bits per heavy atom. The van der Waals surface area contributed by atoms with Crippen molar-refractivity contribution in [2.45, 2.75) is 77.7 Å². The summed E-state index contributed by atoms with van der Waals surface area (Å²) in [6, 6.07) is 0. The third-order valence-corrected chi connectivity index (χ3v) is 8.36. The molecule has 7 atom stereocenters. The highest BCUT2D eigenvalue weighted by molar-refractivity contribution is 5.80. The second-order valence-corrected chi connectivity index (χ2v) is 9.06. The molecule has 4 fully saturated rings. The fourth-order valence-electron chi connectivity index (χ4n) is 7.10. The van der Waals surface area contributed by atoms with E-state index in [2.05, 4.69) is 13.8 Å². The Morgan fingerprint density at radius 1 is 1.00 bits per heavy atom. The number of hydrogen-bond donors (Lipinski definition) is 1. The van der Waals surface area contributed by atoms with Gasteiger partial charge in [-0.25, -0.2) is 0 Å². The SMILES string of the molecule is C[C@@]12CCC[C@H]1[C@@H]1CCC3CC(=O)C[C@H](O)[C@]3(C)[C@H]1CC2.